The summed E-state index contributed by atoms with van der Waals surface area (Å²) in [6.45, 7) is 6.63. The zero-order valence-corrected chi connectivity index (χ0v) is 30.2. The first-order valence-corrected chi connectivity index (χ1v) is 16.5. The predicted molar refractivity (Wildman–Crippen MR) is 192 cm³/mol. The number of benzene rings is 2. The number of urea groups is 1. The molecule has 0 bridgehead atoms. The average molecular weight is 746 g/mol. The fourth-order valence-corrected chi connectivity index (χ4v) is 6.61. The van der Waals surface area contributed by atoms with Gasteiger partial charge in [-0.3, -0.25) is 19.8 Å². The van der Waals surface area contributed by atoms with E-state index in [4.69, 9.17) is 9.47 Å². The van der Waals surface area contributed by atoms with E-state index in [1.165, 1.54) is 12.1 Å². The van der Waals surface area contributed by atoms with Gasteiger partial charge in [-0.2, -0.15) is 0 Å². The van der Waals surface area contributed by atoms with Crippen LogP contribution < -0.4 is 20.5 Å². The van der Waals surface area contributed by atoms with Gasteiger partial charge in [0, 0.05) is 58.3 Å². The van der Waals surface area contributed by atoms with Crippen LogP contribution in [0.15, 0.2) is 54.6 Å². The van der Waals surface area contributed by atoms with Gasteiger partial charge in [0.05, 0.1) is 11.9 Å². The molecule has 6 rings (SSSR count). The van der Waals surface area contributed by atoms with E-state index in [1.54, 1.807) is 12.1 Å². The Morgan fingerprint density at radius 3 is 2.20 bits per heavy atom. The average Bonchev–Trinajstić information content (AvgIpc) is 3.90. The molecule has 4 fully saturated rings. The fourth-order valence-electron chi connectivity index (χ4n) is 6.61. The summed E-state index contributed by atoms with van der Waals surface area (Å²) in [7, 11) is 2.17. The Hall–Kier alpha value is -2.87. The molecule has 0 aromatic heterocycles. The van der Waals surface area contributed by atoms with Gasteiger partial charge in [0.1, 0.15) is 23.9 Å². The standard InChI is InChI=1S/C34H45FN6O5.3ClH/c1-38-19-21-39(22-20-38)26-12-17-40(18-13-26)33(44)37-30-23-29(11-16-36-30)46-28-9-7-27(8-10-28)41(35)31(42)34(14-15-34)32(43)45-24-25-5-3-2-4-6-25;;;/h2-10,26,29-30,36H,11-24H2,1H3,(H,37,44);3*1H. The number of piperidine rings is 2. The van der Waals surface area contributed by atoms with Gasteiger partial charge in [-0.15, -0.1) is 42.3 Å². The number of ether oxygens (including phenoxy) is 2. The summed E-state index contributed by atoms with van der Waals surface area (Å²) in [5, 5.41) is 6.54. The normalized spacial score (nSPS) is 22.3. The second-order valence-corrected chi connectivity index (χ2v) is 13.0. The third kappa shape index (κ3) is 10.1. The van der Waals surface area contributed by atoms with Gasteiger partial charge in [-0.05, 0) is 69.0 Å². The number of anilines is 1. The number of esters is 1. The van der Waals surface area contributed by atoms with E-state index in [2.05, 4.69) is 27.5 Å². The molecule has 49 heavy (non-hydrogen) atoms. The summed E-state index contributed by atoms with van der Waals surface area (Å²) in [5.74, 6) is -1.08. The van der Waals surface area contributed by atoms with Gasteiger partial charge in [0.25, 0.3) is 5.91 Å². The number of carbonyl (C=O) groups excluding carboxylic acids is 3. The molecule has 272 valence electrons. The topological polar surface area (TPSA) is 107 Å². The number of amides is 3. The van der Waals surface area contributed by atoms with E-state index < -0.39 is 17.3 Å². The summed E-state index contributed by atoms with van der Waals surface area (Å²) in [6.07, 6.45) is 3.50. The number of carbonyl (C=O) groups is 3. The van der Waals surface area contributed by atoms with Crippen molar-refractivity contribution in [2.75, 3.05) is 58.0 Å². The molecule has 15 heteroatoms. The Balaban J connectivity index is 0.00000217. The second-order valence-electron chi connectivity index (χ2n) is 13.0. The van der Waals surface area contributed by atoms with E-state index in [0.717, 1.165) is 64.1 Å². The minimum Gasteiger partial charge on any atom is -0.490 e. The molecule has 2 aromatic carbocycles. The molecule has 3 aliphatic heterocycles. The fraction of sp³-hybridized carbons (Fsp3) is 0.559. The van der Waals surface area contributed by atoms with Gasteiger partial charge >= 0.3 is 12.0 Å². The number of halogens is 4. The molecule has 2 N–H and O–H groups in total. The van der Waals surface area contributed by atoms with Crippen LogP contribution in [0.2, 0.25) is 0 Å². The van der Waals surface area contributed by atoms with Crippen molar-refractivity contribution in [1.82, 2.24) is 25.3 Å². The van der Waals surface area contributed by atoms with Crippen molar-refractivity contribution in [2.45, 2.75) is 63.4 Å². The van der Waals surface area contributed by atoms with Crippen LogP contribution in [-0.4, -0.2) is 104 Å². The quantitative estimate of drug-likeness (QED) is 0.219. The molecule has 3 heterocycles. The maximum Gasteiger partial charge on any atom is 0.322 e. The van der Waals surface area contributed by atoms with Crippen LogP contribution in [0.1, 0.15) is 44.1 Å². The molecule has 1 aliphatic carbocycles. The summed E-state index contributed by atoms with van der Waals surface area (Å²) >= 11 is 0. The summed E-state index contributed by atoms with van der Waals surface area (Å²) in [4.78, 5) is 45.6. The zero-order valence-electron chi connectivity index (χ0n) is 27.8. The van der Waals surface area contributed by atoms with Crippen molar-refractivity contribution in [1.29, 1.82) is 0 Å². The smallest absolute Gasteiger partial charge is 0.322 e. The van der Waals surface area contributed by atoms with E-state index in [-0.39, 0.29) is 85.8 Å². The van der Waals surface area contributed by atoms with Gasteiger partial charge in [-0.1, -0.05) is 34.8 Å². The molecule has 2 atom stereocenters. The van der Waals surface area contributed by atoms with Crippen LogP contribution in [0.3, 0.4) is 0 Å². The minimum atomic E-state index is -1.48. The first-order chi connectivity index (χ1) is 22.3. The van der Waals surface area contributed by atoms with Crippen molar-refractivity contribution in [2.24, 2.45) is 5.41 Å². The molecule has 1 saturated carbocycles. The Morgan fingerprint density at radius 2 is 1.57 bits per heavy atom. The number of piperazine rings is 1. The van der Waals surface area contributed by atoms with Crippen LogP contribution in [0, 0.1) is 5.41 Å². The van der Waals surface area contributed by atoms with Crippen LogP contribution in [-0.2, 0) is 20.9 Å². The molecule has 4 aliphatic rings. The lowest BCUT2D eigenvalue weighted by atomic mass is 10.0. The van der Waals surface area contributed by atoms with Gasteiger partial charge in [-0.25, -0.2) is 4.79 Å². The highest BCUT2D eigenvalue weighted by atomic mass is 35.5. The summed E-state index contributed by atoms with van der Waals surface area (Å²) in [6, 6.07) is 15.8. The molecular formula is C34H48Cl3FN6O5. The second kappa shape index (κ2) is 18.4. The van der Waals surface area contributed by atoms with E-state index in [1.807, 2.05) is 35.2 Å². The molecular weight excluding hydrogens is 698 g/mol. The van der Waals surface area contributed by atoms with Crippen molar-refractivity contribution >= 4 is 60.8 Å². The summed E-state index contributed by atoms with van der Waals surface area (Å²) < 4.78 is 26.7. The molecule has 11 nitrogen and oxygen atoms in total. The van der Waals surface area contributed by atoms with Crippen LogP contribution in [0.5, 0.6) is 5.75 Å². The van der Waals surface area contributed by atoms with Crippen molar-refractivity contribution in [3.05, 3.63) is 60.2 Å². The van der Waals surface area contributed by atoms with E-state index in [0.29, 0.717) is 24.8 Å². The minimum absolute atomic E-state index is 0. The lowest BCUT2D eigenvalue weighted by Gasteiger charge is -2.42. The number of hydrogen-bond acceptors (Lipinski definition) is 8. The molecule has 2 unspecified atom stereocenters. The summed E-state index contributed by atoms with van der Waals surface area (Å²) in [5.41, 5.74) is -0.661. The van der Waals surface area contributed by atoms with Crippen molar-refractivity contribution in [3.63, 3.8) is 0 Å². The van der Waals surface area contributed by atoms with Gasteiger partial charge in [0.15, 0.2) is 0 Å². The van der Waals surface area contributed by atoms with Crippen molar-refractivity contribution in [3.8, 4) is 5.75 Å². The Morgan fingerprint density at radius 1 is 0.918 bits per heavy atom. The zero-order chi connectivity index (χ0) is 32.1. The van der Waals surface area contributed by atoms with Crippen LogP contribution in [0.25, 0.3) is 0 Å². The lowest BCUT2D eigenvalue weighted by Crippen LogP contribution is -2.58. The monoisotopic (exact) mass is 744 g/mol. The van der Waals surface area contributed by atoms with Crippen molar-refractivity contribution < 1.29 is 28.3 Å². The third-order valence-electron chi connectivity index (χ3n) is 9.77. The number of rotatable bonds is 9. The Bertz CT molecular complexity index is 1360. The first-order valence-electron chi connectivity index (χ1n) is 16.5. The number of hydrogen-bond donors (Lipinski definition) is 2. The Labute approximate surface area is 306 Å². The highest BCUT2D eigenvalue weighted by molar-refractivity contribution is 6.11. The van der Waals surface area contributed by atoms with E-state index in [9.17, 15) is 14.4 Å². The third-order valence-corrected chi connectivity index (χ3v) is 9.77. The molecule has 2 aromatic rings. The Kier molecular flexibility index (Phi) is 15.2. The predicted octanol–water partition coefficient (Wildman–Crippen LogP) is 4.57. The highest BCUT2D eigenvalue weighted by Crippen LogP contribution is 2.49. The van der Waals surface area contributed by atoms with Gasteiger partial charge < -0.3 is 24.6 Å². The number of nitrogens with zero attached hydrogens (tertiary/aromatic N) is 4. The lowest BCUT2D eigenvalue weighted by molar-refractivity contribution is -0.155. The van der Waals surface area contributed by atoms with Crippen LogP contribution in [0.4, 0.5) is 15.0 Å². The van der Waals surface area contributed by atoms with E-state index >= 15 is 4.48 Å². The molecule has 3 saturated heterocycles. The molecule has 0 spiro atoms. The number of likely N-dealkylation sites (N-methyl/N-ethyl adjacent to an activating group) is 1. The van der Waals surface area contributed by atoms with Crippen LogP contribution >= 0.6 is 37.2 Å². The first kappa shape index (κ1) is 40.6. The maximum atomic E-state index is 15.2. The molecule has 0 radical (unpaired) electrons. The molecule has 3 amide bonds. The van der Waals surface area contributed by atoms with Gasteiger partial charge in [0.2, 0.25) is 0 Å². The SMILES string of the molecule is CN1CCN(C2CCN(C(=O)NC3CC(Oc4ccc(N(F)C(=O)C5(C(=O)OCc6ccccc6)CC5)cc4)CCN3)CC2)CC1.Cl.Cl.Cl. The number of likely N-dealkylation sites (tertiary alicyclic amines) is 1. The largest absolute Gasteiger partial charge is 0.490 e. The highest BCUT2D eigenvalue weighted by Gasteiger charge is 2.60. The number of nitrogens with one attached hydrogen (secondary N) is 2. The maximum absolute atomic E-state index is 15.2.